The van der Waals surface area contributed by atoms with Gasteiger partial charge in [0.25, 0.3) is 0 Å². The number of hydrogen-bond donors (Lipinski definition) is 1. The number of carbonyl (C=O) groups is 2. The highest BCUT2D eigenvalue weighted by atomic mass is 79.9. The Bertz CT molecular complexity index is 1140. The van der Waals surface area contributed by atoms with E-state index >= 15 is 0 Å². The van der Waals surface area contributed by atoms with Gasteiger partial charge in [-0.15, -0.1) is 0 Å². The van der Waals surface area contributed by atoms with Gasteiger partial charge >= 0.3 is 0 Å². The summed E-state index contributed by atoms with van der Waals surface area (Å²) in [6.07, 6.45) is 0. The molecule has 3 rings (SSSR count). The second-order valence-electron chi connectivity index (χ2n) is 7.39. The number of nitrogens with one attached hydrogen (secondary N) is 1. The molecule has 0 fully saturated rings. The molecule has 2 aromatic rings. The number of anilines is 1. The molecular formula is C22H26BrN3O6S. The molecule has 0 aliphatic carbocycles. The van der Waals surface area contributed by atoms with Gasteiger partial charge in [0, 0.05) is 24.1 Å². The van der Waals surface area contributed by atoms with Gasteiger partial charge in [0.1, 0.15) is 12.6 Å². The molecule has 11 heteroatoms. The van der Waals surface area contributed by atoms with Crippen molar-refractivity contribution < 1.29 is 27.5 Å². The summed E-state index contributed by atoms with van der Waals surface area (Å²) in [5.41, 5.74) is 1.07. The van der Waals surface area contributed by atoms with Gasteiger partial charge in [-0.05, 0) is 43.7 Å². The number of halogens is 1. The van der Waals surface area contributed by atoms with Gasteiger partial charge in [-0.3, -0.25) is 13.9 Å². The van der Waals surface area contributed by atoms with Crippen molar-refractivity contribution in [2.45, 2.75) is 26.4 Å². The van der Waals surface area contributed by atoms with Crippen molar-refractivity contribution in [3.05, 3.63) is 52.5 Å². The lowest BCUT2D eigenvalue weighted by Crippen LogP contribution is -2.50. The number of fused-ring (bicyclic) bond motifs is 1. The van der Waals surface area contributed by atoms with Crippen LogP contribution in [0.3, 0.4) is 0 Å². The van der Waals surface area contributed by atoms with E-state index in [-0.39, 0.29) is 30.7 Å². The van der Waals surface area contributed by atoms with Crippen molar-refractivity contribution in [3.63, 3.8) is 0 Å². The topological polar surface area (TPSA) is 105 Å². The van der Waals surface area contributed by atoms with Crippen LogP contribution in [0.1, 0.15) is 19.4 Å². The molecule has 1 aliphatic heterocycles. The van der Waals surface area contributed by atoms with E-state index in [0.717, 1.165) is 14.3 Å². The molecule has 0 radical (unpaired) electrons. The number of carbonyl (C=O) groups excluding carboxylic acids is 2. The molecular weight excluding hydrogens is 514 g/mol. The number of likely N-dealkylation sites (N-methyl/N-ethyl adjacent to an activating group) is 1. The highest BCUT2D eigenvalue weighted by Crippen LogP contribution is 2.36. The van der Waals surface area contributed by atoms with E-state index in [9.17, 15) is 18.0 Å². The fourth-order valence-electron chi connectivity index (χ4n) is 3.38. The Balaban J connectivity index is 1.94. The predicted octanol–water partition coefficient (Wildman–Crippen LogP) is 2.50. The quantitative estimate of drug-likeness (QED) is 0.524. The first-order valence-corrected chi connectivity index (χ1v) is 12.7. The van der Waals surface area contributed by atoms with E-state index in [0.29, 0.717) is 11.5 Å². The Morgan fingerprint density at radius 1 is 1.15 bits per heavy atom. The summed E-state index contributed by atoms with van der Waals surface area (Å²) < 4.78 is 38.4. The highest BCUT2D eigenvalue weighted by Gasteiger charge is 2.31. The second-order valence-corrected chi connectivity index (χ2v) is 10.5. The number of benzene rings is 2. The maximum Gasteiger partial charge on any atom is 0.244 e. The predicted molar refractivity (Wildman–Crippen MR) is 128 cm³/mol. The lowest BCUT2D eigenvalue weighted by Gasteiger charge is -2.31. The molecule has 0 aromatic heterocycles. The Morgan fingerprint density at radius 3 is 2.55 bits per heavy atom. The third kappa shape index (κ3) is 5.77. The zero-order chi connectivity index (χ0) is 24.2. The van der Waals surface area contributed by atoms with Crippen LogP contribution in [-0.2, 0) is 26.2 Å². The van der Waals surface area contributed by atoms with Crippen LogP contribution in [0.4, 0.5) is 5.69 Å². The van der Waals surface area contributed by atoms with E-state index in [2.05, 4.69) is 21.2 Å². The minimum atomic E-state index is -3.81. The Hall–Kier alpha value is -2.79. The molecule has 0 bridgehead atoms. The average Bonchev–Trinajstić information content (AvgIpc) is 3.27. The van der Waals surface area contributed by atoms with Crippen LogP contribution in [0, 0.1) is 0 Å². The largest absolute Gasteiger partial charge is 0.454 e. The first-order valence-electron chi connectivity index (χ1n) is 10.3. The van der Waals surface area contributed by atoms with Gasteiger partial charge in [-0.1, -0.05) is 28.1 Å². The third-order valence-corrected chi connectivity index (χ3v) is 7.51. The third-order valence-electron chi connectivity index (χ3n) is 5.28. The van der Waals surface area contributed by atoms with Crippen molar-refractivity contribution in [1.29, 1.82) is 0 Å². The Labute approximate surface area is 201 Å². The van der Waals surface area contributed by atoms with Gasteiger partial charge in [0.2, 0.25) is 28.6 Å². The summed E-state index contributed by atoms with van der Waals surface area (Å²) in [4.78, 5) is 27.2. The summed E-state index contributed by atoms with van der Waals surface area (Å²) in [5, 5.41) is 2.55. The van der Waals surface area contributed by atoms with Gasteiger partial charge in [0.15, 0.2) is 11.5 Å². The number of rotatable bonds is 9. The van der Waals surface area contributed by atoms with E-state index in [1.54, 1.807) is 19.1 Å². The summed E-state index contributed by atoms with van der Waals surface area (Å²) >= 11 is 3.41. The van der Waals surface area contributed by atoms with Gasteiger partial charge < -0.3 is 19.7 Å². The SMILES string of the molecule is CCS(=O)(=O)N(CC(=O)N(Cc1cccc(Br)c1)[C@@H](C)C(=O)NC)c1ccc2c(c1)OCO2. The zero-order valence-corrected chi connectivity index (χ0v) is 21.0. The van der Waals surface area contributed by atoms with Crippen molar-refractivity contribution in [2.24, 2.45) is 0 Å². The molecule has 0 spiro atoms. The molecule has 178 valence electrons. The van der Waals surface area contributed by atoms with Crippen molar-refractivity contribution in [1.82, 2.24) is 10.2 Å². The van der Waals surface area contributed by atoms with Crippen LogP contribution in [0.15, 0.2) is 46.9 Å². The normalized spacial score (nSPS) is 13.3. The van der Waals surface area contributed by atoms with Crippen LogP contribution >= 0.6 is 15.9 Å². The van der Waals surface area contributed by atoms with E-state index < -0.39 is 28.5 Å². The molecule has 1 N–H and O–H groups in total. The number of sulfonamides is 1. The first kappa shape index (κ1) is 24.8. The fraction of sp³-hybridized carbons (Fsp3) is 0.364. The van der Waals surface area contributed by atoms with Crippen LogP contribution in [0.25, 0.3) is 0 Å². The summed E-state index contributed by atoms with van der Waals surface area (Å²) in [6.45, 7) is 2.82. The van der Waals surface area contributed by atoms with E-state index in [4.69, 9.17) is 9.47 Å². The first-order chi connectivity index (χ1) is 15.7. The number of nitrogens with zero attached hydrogens (tertiary/aromatic N) is 2. The zero-order valence-electron chi connectivity index (χ0n) is 18.6. The van der Waals surface area contributed by atoms with Crippen molar-refractivity contribution >= 4 is 43.5 Å². The molecule has 9 nitrogen and oxygen atoms in total. The number of ether oxygens (including phenoxy) is 2. The molecule has 1 atom stereocenters. The van der Waals surface area contributed by atoms with Gasteiger partial charge in [-0.2, -0.15) is 0 Å². The van der Waals surface area contributed by atoms with Crippen LogP contribution < -0.4 is 19.1 Å². The van der Waals surface area contributed by atoms with Gasteiger partial charge in [-0.25, -0.2) is 8.42 Å². The van der Waals surface area contributed by atoms with Crippen LogP contribution in [0.2, 0.25) is 0 Å². The number of amides is 2. The molecule has 2 amide bonds. The van der Waals surface area contributed by atoms with Crippen molar-refractivity contribution in [3.8, 4) is 11.5 Å². The van der Waals surface area contributed by atoms with E-state index in [1.165, 1.54) is 24.9 Å². The maximum atomic E-state index is 13.4. The Kier molecular flexibility index (Phi) is 7.85. The molecule has 0 unspecified atom stereocenters. The smallest absolute Gasteiger partial charge is 0.244 e. The molecule has 2 aromatic carbocycles. The summed E-state index contributed by atoms with van der Waals surface area (Å²) in [5.74, 6) is -0.165. The lowest BCUT2D eigenvalue weighted by molar-refractivity contribution is -0.139. The van der Waals surface area contributed by atoms with Crippen LogP contribution in [0.5, 0.6) is 11.5 Å². The monoisotopic (exact) mass is 539 g/mol. The molecule has 0 saturated heterocycles. The minimum Gasteiger partial charge on any atom is -0.454 e. The summed E-state index contributed by atoms with van der Waals surface area (Å²) in [6, 6.07) is 11.2. The molecule has 0 saturated carbocycles. The fourth-order valence-corrected chi connectivity index (χ4v) is 4.88. The van der Waals surface area contributed by atoms with Gasteiger partial charge in [0.05, 0.1) is 11.4 Å². The Morgan fingerprint density at radius 2 is 1.88 bits per heavy atom. The number of hydrogen-bond acceptors (Lipinski definition) is 6. The standard InChI is InChI=1S/C22H26BrN3O6S/c1-4-33(29,30)26(18-8-9-19-20(11-18)32-14-31-19)13-21(27)25(15(2)22(28)24-3)12-16-6-5-7-17(23)10-16/h5-11,15H,4,12-14H2,1-3H3,(H,24,28)/t15-/m0/s1. The summed E-state index contributed by atoms with van der Waals surface area (Å²) in [7, 11) is -2.32. The lowest BCUT2D eigenvalue weighted by atomic mass is 10.1. The molecule has 1 aliphatic rings. The highest BCUT2D eigenvalue weighted by molar-refractivity contribution is 9.10. The maximum absolute atomic E-state index is 13.4. The molecule has 1 heterocycles. The molecule has 33 heavy (non-hydrogen) atoms. The van der Waals surface area contributed by atoms with Crippen molar-refractivity contribution in [2.75, 3.05) is 30.4 Å². The second kappa shape index (κ2) is 10.4. The average molecular weight is 540 g/mol. The van der Waals surface area contributed by atoms with Crippen LogP contribution in [-0.4, -0.2) is 57.3 Å². The minimum absolute atomic E-state index is 0.0440. The van der Waals surface area contributed by atoms with E-state index in [1.807, 2.05) is 24.3 Å².